The average Bonchev–Trinajstić information content (AvgIpc) is 2.06. The molecule has 0 aliphatic heterocycles. The van der Waals surface area contributed by atoms with E-state index in [-0.39, 0.29) is 0 Å². The monoisotopic (exact) mass is 218 g/mol. The van der Waals surface area contributed by atoms with Crippen molar-refractivity contribution in [3.05, 3.63) is 0 Å². The van der Waals surface area contributed by atoms with Crippen LogP contribution in [0.4, 0.5) is 0 Å². The van der Waals surface area contributed by atoms with Gasteiger partial charge in [0.15, 0.2) is 0 Å². The van der Waals surface area contributed by atoms with Gasteiger partial charge in [0.2, 0.25) is 0 Å². The topological polar surface area (TPSA) is 15.3 Å². The molecule has 3 heteroatoms. The van der Waals surface area contributed by atoms with Crippen LogP contribution in [0.3, 0.4) is 0 Å². The molecule has 88 valence electrons. The Balaban J connectivity index is 0. The van der Waals surface area contributed by atoms with E-state index < -0.39 is 8.24 Å². The molecular formula is C11H30N2Si. The Hall–Kier alpha value is 0.137. The molecule has 0 aliphatic rings. The Kier molecular flexibility index (Phi) is 11.5. The first-order valence-corrected chi connectivity index (χ1v) is 9.34. The maximum absolute atomic E-state index is 3.11. The third-order valence-electron chi connectivity index (χ3n) is 2.21. The van der Waals surface area contributed by atoms with Crippen LogP contribution in [-0.4, -0.2) is 39.0 Å². The molecule has 0 saturated heterocycles. The minimum absolute atomic E-state index is 0.953. The van der Waals surface area contributed by atoms with E-state index in [0.717, 1.165) is 13.1 Å². The summed E-state index contributed by atoms with van der Waals surface area (Å²) >= 11 is 0. The molecule has 14 heavy (non-hydrogen) atoms. The Morgan fingerprint density at radius 3 is 1.21 bits per heavy atom. The van der Waals surface area contributed by atoms with E-state index in [0.29, 0.717) is 0 Å². The fraction of sp³-hybridized carbons (Fsp3) is 1.00. The SMILES string of the molecule is CCN(CC)[Si](C)(C)C.CCNCC. The molecule has 0 aromatic rings. The summed E-state index contributed by atoms with van der Waals surface area (Å²) in [5.41, 5.74) is 0. The van der Waals surface area contributed by atoms with Crippen LogP contribution >= 0.6 is 0 Å². The van der Waals surface area contributed by atoms with Crippen molar-refractivity contribution >= 4 is 8.24 Å². The Labute approximate surface area is 92.2 Å². The minimum atomic E-state index is -0.953. The van der Waals surface area contributed by atoms with Crippen LogP contribution < -0.4 is 5.32 Å². The van der Waals surface area contributed by atoms with E-state index in [1.807, 2.05) is 0 Å². The molecule has 0 atom stereocenters. The number of hydrogen-bond acceptors (Lipinski definition) is 2. The normalized spacial score (nSPS) is 11.1. The van der Waals surface area contributed by atoms with Crippen LogP contribution in [0.5, 0.6) is 0 Å². The predicted octanol–water partition coefficient (Wildman–Crippen LogP) is 2.78. The van der Waals surface area contributed by atoms with Crippen LogP contribution in [0, 0.1) is 0 Å². The molecule has 2 nitrogen and oxygen atoms in total. The van der Waals surface area contributed by atoms with Gasteiger partial charge >= 0.3 is 0 Å². The van der Waals surface area contributed by atoms with Crippen LogP contribution in [-0.2, 0) is 0 Å². The van der Waals surface area contributed by atoms with Gasteiger partial charge in [-0.15, -0.1) is 0 Å². The molecule has 1 N–H and O–H groups in total. The molecule has 0 heterocycles. The first kappa shape index (κ1) is 16.6. The molecule has 0 aromatic heterocycles. The van der Waals surface area contributed by atoms with Gasteiger partial charge in [0.05, 0.1) is 0 Å². The molecule has 0 amide bonds. The van der Waals surface area contributed by atoms with Crippen molar-refractivity contribution in [2.45, 2.75) is 47.3 Å². The first-order chi connectivity index (χ1) is 6.43. The van der Waals surface area contributed by atoms with Crippen molar-refractivity contribution in [3.63, 3.8) is 0 Å². The highest BCUT2D eigenvalue weighted by molar-refractivity contribution is 6.73. The second-order valence-corrected chi connectivity index (χ2v) is 9.27. The van der Waals surface area contributed by atoms with Crippen molar-refractivity contribution < 1.29 is 0 Å². The van der Waals surface area contributed by atoms with Crippen LogP contribution in [0.15, 0.2) is 0 Å². The van der Waals surface area contributed by atoms with Gasteiger partial charge in [-0.1, -0.05) is 47.3 Å². The first-order valence-electron chi connectivity index (χ1n) is 5.89. The van der Waals surface area contributed by atoms with Gasteiger partial charge in [-0.25, -0.2) is 0 Å². The van der Waals surface area contributed by atoms with E-state index in [9.17, 15) is 0 Å². The fourth-order valence-electron chi connectivity index (χ4n) is 1.42. The summed E-state index contributed by atoms with van der Waals surface area (Å²) in [5, 5.41) is 3.11. The standard InChI is InChI=1S/C7H19NSi.C4H11N/c1-6-8(7-2)9(3,4)5;1-3-5-4-2/h6-7H2,1-5H3;5H,3-4H2,1-2H3. The Bertz CT molecular complexity index is 104. The zero-order valence-electron chi connectivity index (χ0n) is 11.3. The highest BCUT2D eigenvalue weighted by atomic mass is 28.3. The molecule has 0 aliphatic carbocycles. The zero-order chi connectivity index (χ0) is 11.6. The number of hydrogen-bond donors (Lipinski definition) is 1. The number of nitrogens with one attached hydrogen (secondary N) is 1. The lowest BCUT2D eigenvalue weighted by molar-refractivity contribution is 0.470. The Morgan fingerprint density at radius 2 is 1.21 bits per heavy atom. The second-order valence-electron chi connectivity index (χ2n) is 4.30. The van der Waals surface area contributed by atoms with E-state index in [1.165, 1.54) is 13.1 Å². The molecule has 0 aromatic carbocycles. The average molecular weight is 218 g/mol. The van der Waals surface area contributed by atoms with Gasteiger partial charge in [-0.3, -0.25) is 0 Å². The largest absolute Gasteiger partial charge is 0.324 e. The lowest BCUT2D eigenvalue weighted by atomic mass is 10.7. The Morgan fingerprint density at radius 1 is 0.857 bits per heavy atom. The quantitative estimate of drug-likeness (QED) is 0.714. The van der Waals surface area contributed by atoms with Crippen LogP contribution in [0.2, 0.25) is 19.6 Å². The molecule has 0 unspecified atom stereocenters. The molecule has 0 spiro atoms. The van der Waals surface area contributed by atoms with Crippen LogP contribution in [0.1, 0.15) is 27.7 Å². The predicted molar refractivity (Wildman–Crippen MR) is 70.5 cm³/mol. The van der Waals surface area contributed by atoms with E-state index in [2.05, 4.69) is 57.2 Å². The lowest BCUT2D eigenvalue weighted by Gasteiger charge is -2.31. The summed E-state index contributed by atoms with van der Waals surface area (Å²) in [6, 6.07) is 0. The van der Waals surface area contributed by atoms with Crippen molar-refractivity contribution in [1.82, 2.24) is 9.88 Å². The highest BCUT2D eigenvalue weighted by Crippen LogP contribution is 2.06. The zero-order valence-corrected chi connectivity index (χ0v) is 12.3. The van der Waals surface area contributed by atoms with Crippen LogP contribution in [0.25, 0.3) is 0 Å². The summed E-state index contributed by atoms with van der Waals surface area (Å²) in [5.74, 6) is 0. The third kappa shape index (κ3) is 10.2. The maximum atomic E-state index is 3.11. The van der Waals surface area contributed by atoms with Crippen molar-refractivity contribution in [3.8, 4) is 0 Å². The molecule has 0 rings (SSSR count). The summed E-state index contributed by atoms with van der Waals surface area (Å²) in [6.07, 6.45) is 0. The van der Waals surface area contributed by atoms with Crippen molar-refractivity contribution in [2.24, 2.45) is 0 Å². The van der Waals surface area contributed by atoms with Gasteiger partial charge in [-0.2, -0.15) is 0 Å². The minimum Gasteiger partial charge on any atom is -0.324 e. The summed E-state index contributed by atoms with van der Waals surface area (Å²) < 4.78 is 2.58. The van der Waals surface area contributed by atoms with E-state index in [1.54, 1.807) is 0 Å². The number of rotatable bonds is 5. The molecular weight excluding hydrogens is 188 g/mol. The maximum Gasteiger partial charge on any atom is 0.119 e. The molecule has 0 fully saturated rings. The third-order valence-corrected chi connectivity index (χ3v) is 4.74. The van der Waals surface area contributed by atoms with Crippen molar-refractivity contribution in [2.75, 3.05) is 26.2 Å². The van der Waals surface area contributed by atoms with Gasteiger partial charge in [0.1, 0.15) is 8.24 Å². The smallest absolute Gasteiger partial charge is 0.119 e. The molecule has 0 bridgehead atoms. The number of nitrogens with zero attached hydrogens (tertiary/aromatic N) is 1. The summed E-state index contributed by atoms with van der Waals surface area (Å²) in [7, 11) is -0.953. The van der Waals surface area contributed by atoms with Gasteiger partial charge < -0.3 is 9.88 Å². The molecule has 0 radical (unpaired) electrons. The molecule has 0 saturated carbocycles. The lowest BCUT2D eigenvalue weighted by Crippen LogP contribution is -2.45. The summed E-state index contributed by atoms with van der Waals surface area (Å²) in [4.78, 5) is 0. The van der Waals surface area contributed by atoms with E-state index >= 15 is 0 Å². The van der Waals surface area contributed by atoms with E-state index in [4.69, 9.17) is 0 Å². The van der Waals surface area contributed by atoms with Crippen molar-refractivity contribution in [1.29, 1.82) is 0 Å². The van der Waals surface area contributed by atoms with Gasteiger partial charge in [0, 0.05) is 0 Å². The van der Waals surface area contributed by atoms with Gasteiger partial charge in [-0.05, 0) is 26.2 Å². The van der Waals surface area contributed by atoms with Gasteiger partial charge in [0.25, 0.3) is 0 Å². The highest BCUT2D eigenvalue weighted by Gasteiger charge is 2.19. The fourth-order valence-corrected chi connectivity index (χ4v) is 3.32. The summed E-state index contributed by atoms with van der Waals surface area (Å²) in [6.45, 7) is 20.5. The second kappa shape index (κ2) is 9.68.